The highest BCUT2D eigenvalue weighted by Crippen LogP contribution is 2.25. The Labute approximate surface area is 195 Å². The van der Waals surface area contributed by atoms with E-state index >= 15 is 0 Å². The molecule has 7 nitrogen and oxygen atoms in total. The molecular formula is C26H32N2O5. The number of methoxy groups -OCH3 is 2. The van der Waals surface area contributed by atoms with Gasteiger partial charge in [0.2, 0.25) is 11.8 Å². The largest absolute Gasteiger partial charge is 0.497 e. The van der Waals surface area contributed by atoms with Gasteiger partial charge in [-0.25, -0.2) is 0 Å². The molecular weight excluding hydrogens is 420 g/mol. The summed E-state index contributed by atoms with van der Waals surface area (Å²) in [7, 11) is 3.15. The standard InChI is InChI=1S/C26H32N2O5/c1-18-7-5-9-23(19(18)2)27-25(29)17-28(16-22-8-6-14-33-22)26(30)13-10-20-15-21(31-3)11-12-24(20)32-4/h5,7,9-13,15,22H,6,8,14,16-17H2,1-4H3,(H,27,29)/b13-10+. The number of nitrogens with zero attached hydrogens (tertiary/aromatic N) is 1. The maximum absolute atomic E-state index is 13.1. The highest BCUT2D eigenvalue weighted by atomic mass is 16.5. The fourth-order valence-electron chi connectivity index (χ4n) is 3.75. The number of hydrogen-bond acceptors (Lipinski definition) is 5. The van der Waals surface area contributed by atoms with Crippen LogP contribution < -0.4 is 14.8 Å². The number of benzene rings is 2. The van der Waals surface area contributed by atoms with Crippen LogP contribution in [0.5, 0.6) is 11.5 Å². The van der Waals surface area contributed by atoms with Crippen LogP contribution in [-0.2, 0) is 14.3 Å². The molecule has 1 unspecified atom stereocenters. The fourth-order valence-corrected chi connectivity index (χ4v) is 3.75. The number of carbonyl (C=O) groups excluding carboxylic acids is 2. The van der Waals surface area contributed by atoms with Gasteiger partial charge >= 0.3 is 0 Å². The number of rotatable bonds is 9. The second-order valence-corrected chi connectivity index (χ2v) is 8.09. The Morgan fingerprint density at radius 2 is 2.00 bits per heavy atom. The normalized spacial score (nSPS) is 15.5. The Bertz CT molecular complexity index is 1010. The monoisotopic (exact) mass is 452 g/mol. The van der Waals surface area contributed by atoms with Crippen LogP contribution in [0, 0.1) is 13.8 Å². The summed E-state index contributed by atoms with van der Waals surface area (Å²) in [4.78, 5) is 27.4. The molecule has 3 rings (SSSR count). The third-order valence-electron chi connectivity index (χ3n) is 5.82. The van der Waals surface area contributed by atoms with E-state index in [0.29, 0.717) is 30.2 Å². The van der Waals surface area contributed by atoms with Crippen LogP contribution in [0.4, 0.5) is 5.69 Å². The Morgan fingerprint density at radius 1 is 1.18 bits per heavy atom. The number of nitrogens with one attached hydrogen (secondary N) is 1. The smallest absolute Gasteiger partial charge is 0.247 e. The molecule has 1 aliphatic heterocycles. The summed E-state index contributed by atoms with van der Waals surface area (Å²) in [5, 5.41) is 2.93. The van der Waals surface area contributed by atoms with E-state index in [2.05, 4.69) is 5.32 Å². The molecule has 7 heteroatoms. The molecule has 1 aliphatic rings. The van der Waals surface area contributed by atoms with Crippen LogP contribution in [-0.4, -0.2) is 56.7 Å². The zero-order valence-electron chi connectivity index (χ0n) is 19.7. The van der Waals surface area contributed by atoms with Crippen molar-refractivity contribution < 1.29 is 23.8 Å². The molecule has 0 spiro atoms. The third kappa shape index (κ3) is 6.58. The first-order valence-electron chi connectivity index (χ1n) is 11.1. The Morgan fingerprint density at radius 3 is 2.70 bits per heavy atom. The molecule has 0 radical (unpaired) electrons. The average molecular weight is 453 g/mol. The summed E-state index contributed by atoms with van der Waals surface area (Å²) in [6.45, 7) is 4.93. The van der Waals surface area contributed by atoms with E-state index in [4.69, 9.17) is 14.2 Å². The zero-order valence-corrected chi connectivity index (χ0v) is 19.7. The van der Waals surface area contributed by atoms with E-state index in [1.165, 1.54) is 11.0 Å². The van der Waals surface area contributed by atoms with Crippen LogP contribution >= 0.6 is 0 Å². The van der Waals surface area contributed by atoms with E-state index < -0.39 is 0 Å². The Balaban J connectivity index is 1.75. The number of hydrogen-bond donors (Lipinski definition) is 1. The number of ether oxygens (including phenoxy) is 3. The predicted octanol–water partition coefficient (Wildman–Crippen LogP) is 3.98. The molecule has 2 aromatic carbocycles. The van der Waals surface area contributed by atoms with Crippen LogP contribution in [0.25, 0.3) is 6.08 Å². The molecule has 1 fully saturated rings. The molecule has 0 aromatic heterocycles. The topological polar surface area (TPSA) is 77.1 Å². The quantitative estimate of drug-likeness (QED) is 0.583. The summed E-state index contributed by atoms with van der Waals surface area (Å²) in [5.41, 5.74) is 3.56. The third-order valence-corrected chi connectivity index (χ3v) is 5.82. The van der Waals surface area contributed by atoms with Crippen molar-refractivity contribution in [3.05, 3.63) is 59.2 Å². The van der Waals surface area contributed by atoms with Gasteiger partial charge in [-0.1, -0.05) is 12.1 Å². The number of amides is 2. The van der Waals surface area contributed by atoms with Gasteiger partial charge in [-0.3, -0.25) is 9.59 Å². The van der Waals surface area contributed by atoms with Gasteiger partial charge in [0.1, 0.15) is 18.0 Å². The van der Waals surface area contributed by atoms with Gasteiger partial charge in [-0.05, 0) is 68.2 Å². The Hall–Kier alpha value is -3.32. The van der Waals surface area contributed by atoms with Gasteiger partial charge in [0, 0.05) is 30.5 Å². The van der Waals surface area contributed by atoms with Crippen molar-refractivity contribution in [1.29, 1.82) is 0 Å². The SMILES string of the molecule is COc1ccc(OC)c(/C=C/C(=O)N(CC(=O)Nc2cccc(C)c2C)CC2CCCO2)c1. The lowest BCUT2D eigenvalue weighted by Crippen LogP contribution is -2.41. The molecule has 1 saturated heterocycles. The summed E-state index contributed by atoms with van der Waals surface area (Å²) >= 11 is 0. The first-order chi connectivity index (χ1) is 15.9. The minimum Gasteiger partial charge on any atom is -0.497 e. The van der Waals surface area contributed by atoms with E-state index in [1.807, 2.05) is 32.0 Å². The van der Waals surface area contributed by atoms with Crippen molar-refractivity contribution in [2.45, 2.75) is 32.8 Å². The lowest BCUT2D eigenvalue weighted by atomic mass is 10.1. The predicted molar refractivity (Wildman–Crippen MR) is 129 cm³/mol. The van der Waals surface area contributed by atoms with Crippen molar-refractivity contribution in [3.63, 3.8) is 0 Å². The van der Waals surface area contributed by atoms with Crippen molar-refractivity contribution in [3.8, 4) is 11.5 Å². The summed E-state index contributed by atoms with van der Waals surface area (Å²) in [6.07, 6.45) is 4.89. The summed E-state index contributed by atoms with van der Waals surface area (Å²) < 4.78 is 16.4. The molecule has 33 heavy (non-hydrogen) atoms. The second-order valence-electron chi connectivity index (χ2n) is 8.09. The van der Waals surface area contributed by atoms with Crippen molar-refractivity contribution in [2.24, 2.45) is 0 Å². The second kappa shape index (κ2) is 11.5. The first kappa shape index (κ1) is 24.3. The van der Waals surface area contributed by atoms with Crippen molar-refractivity contribution in [2.75, 3.05) is 39.2 Å². The fraction of sp³-hybridized carbons (Fsp3) is 0.385. The lowest BCUT2D eigenvalue weighted by molar-refractivity contribution is -0.131. The van der Waals surface area contributed by atoms with Crippen LogP contribution in [0.1, 0.15) is 29.5 Å². The van der Waals surface area contributed by atoms with Crippen LogP contribution in [0.3, 0.4) is 0 Å². The minimum absolute atomic E-state index is 0.0638. The van der Waals surface area contributed by atoms with Crippen molar-refractivity contribution >= 4 is 23.6 Å². The average Bonchev–Trinajstić information content (AvgIpc) is 3.33. The van der Waals surface area contributed by atoms with Gasteiger partial charge in [-0.15, -0.1) is 0 Å². The molecule has 1 N–H and O–H groups in total. The molecule has 0 aliphatic carbocycles. The molecule has 176 valence electrons. The molecule has 1 heterocycles. The zero-order chi connectivity index (χ0) is 23.8. The highest BCUT2D eigenvalue weighted by Gasteiger charge is 2.23. The van der Waals surface area contributed by atoms with Gasteiger partial charge < -0.3 is 24.4 Å². The molecule has 0 bridgehead atoms. The van der Waals surface area contributed by atoms with E-state index in [-0.39, 0.29) is 24.5 Å². The molecule has 2 aromatic rings. The molecule has 2 amide bonds. The number of aryl methyl sites for hydroxylation is 1. The first-order valence-corrected chi connectivity index (χ1v) is 11.1. The van der Waals surface area contributed by atoms with Gasteiger partial charge in [0.05, 0.1) is 20.3 Å². The highest BCUT2D eigenvalue weighted by molar-refractivity contribution is 5.98. The summed E-state index contributed by atoms with van der Waals surface area (Å²) in [6, 6.07) is 11.1. The van der Waals surface area contributed by atoms with Gasteiger partial charge in [0.25, 0.3) is 0 Å². The van der Waals surface area contributed by atoms with E-state index in [0.717, 1.165) is 29.7 Å². The Kier molecular flexibility index (Phi) is 8.49. The van der Waals surface area contributed by atoms with E-state index in [9.17, 15) is 9.59 Å². The van der Waals surface area contributed by atoms with E-state index in [1.54, 1.807) is 38.5 Å². The van der Waals surface area contributed by atoms with Crippen molar-refractivity contribution in [1.82, 2.24) is 4.90 Å². The maximum Gasteiger partial charge on any atom is 0.247 e. The summed E-state index contributed by atoms with van der Waals surface area (Å²) in [5.74, 6) is 0.763. The van der Waals surface area contributed by atoms with Gasteiger partial charge in [-0.2, -0.15) is 0 Å². The molecule has 1 atom stereocenters. The van der Waals surface area contributed by atoms with Gasteiger partial charge in [0.15, 0.2) is 0 Å². The minimum atomic E-state index is -0.272. The van der Waals surface area contributed by atoms with Crippen LogP contribution in [0.15, 0.2) is 42.5 Å². The molecule has 0 saturated carbocycles. The maximum atomic E-state index is 13.1. The van der Waals surface area contributed by atoms with Crippen LogP contribution in [0.2, 0.25) is 0 Å². The number of carbonyl (C=O) groups is 2. The number of anilines is 1. The lowest BCUT2D eigenvalue weighted by Gasteiger charge is -2.24.